The molecule has 1 aromatic carbocycles. The van der Waals surface area contributed by atoms with Crippen LogP contribution in [0.4, 0.5) is 8.78 Å². The Balaban J connectivity index is 2.80. The van der Waals surface area contributed by atoms with Crippen molar-refractivity contribution in [3.05, 3.63) is 35.1 Å². The summed E-state index contributed by atoms with van der Waals surface area (Å²) in [5, 5.41) is 9.20. The molecule has 4 heteroatoms. The van der Waals surface area contributed by atoms with Crippen molar-refractivity contribution in [2.24, 2.45) is 0 Å². The van der Waals surface area contributed by atoms with Crippen molar-refractivity contribution >= 4 is 11.0 Å². The maximum Gasteiger partial charge on any atom is 0.208 e. The van der Waals surface area contributed by atoms with E-state index in [2.05, 4.69) is 0 Å². The second-order valence-electron chi connectivity index (χ2n) is 3.54. The number of hydrogen-bond donors (Lipinski definition) is 0. The van der Waals surface area contributed by atoms with E-state index in [0.29, 0.717) is 17.4 Å². The molecule has 2 nitrogen and oxygen atoms in total. The van der Waals surface area contributed by atoms with Crippen LogP contribution in [0.5, 0.6) is 0 Å². The highest BCUT2D eigenvalue weighted by Crippen LogP contribution is 2.29. The molecule has 0 spiro atoms. The van der Waals surface area contributed by atoms with Crippen LogP contribution in [0.3, 0.4) is 0 Å². The summed E-state index contributed by atoms with van der Waals surface area (Å²) in [5.41, 5.74) is 0.541. The van der Waals surface area contributed by atoms with Crippen LogP contribution >= 0.6 is 0 Å². The number of halogens is 2. The van der Waals surface area contributed by atoms with Gasteiger partial charge in [-0.3, -0.25) is 0 Å². The van der Waals surface area contributed by atoms with Crippen LogP contribution in [-0.2, 0) is 6.42 Å². The van der Waals surface area contributed by atoms with Crippen LogP contribution in [0.15, 0.2) is 16.5 Å². The van der Waals surface area contributed by atoms with Gasteiger partial charge in [0.15, 0.2) is 11.4 Å². The zero-order valence-electron chi connectivity index (χ0n) is 8.68. The lowest BCUT2D eigenvalue weighted by Crippen LogP contribution is -1.86. The molecule has 1 aromatic heterocycles. The van der Waals surface area contributed by atoms with Crippen molar-refractivity contribution in [3.63, 3.8) is 0 Å². The summed E-state index contributed by atoms with van der Waals surface area (Å²) in [5.74, 6) is -1.36. The van der Waals surface area contributed by atoms with Gasteiger partial charge in [0.05, 0.1) is 0 Å². The Labute approximate surface area is 91.1 Å². The van der Waals surface area contributed by atoms with E-state index in [9.17, 15) is 8.78 Å². The number of hydrogen-bond acceptors (Lipinski definition) is 2. The van der Waals surface area contributed by atoms with Crippen molar-refractivity contribution in [1.29, 1.82) is 5.26 Å². The minimum atomic E-state index is -0.770. The molecule has 2 aromatic rings. The van der Waals surface area contributed by atoms with E-state index in [0.717, 1.165) is 12.5 Å². The normalized spacial score (nSPS) is 10.6. The van der Waals surface area contributed by atoms with Gasteiger partial charge >= 0.3 is 0 Å². The predicted molar refractivity (Wildman–Crippen MR) is 54.8 cm³/mol. The molecule has 0 saturated heterocycles. The minimum absolute atomic E-state index is 0.0404. The van der Waals surface area contributed by atoms with Crippen LogP contribution in [0.1, 0.15) is 24.7 Å². The standard InChI is InChI=1S/C12H9F2NO/c1-2-3-8-9-4-7(13)5-10(14)12(9)16-11(8)6-15/h4-5H,2-3H2,1H3. The van der Waals surface area contributed by atoms with Crippen molar-refractivity contribution in [3.8, 4) is 6.07 Å². The summed E-state index contributed by atoms with van der Waals surface area (Å²) < 4.78 is 31.5. The highest BCUT2D eigenvalue weighted by Gasteiger charge is 2.17. The SMILES string of the molecule is CCCc1c(C#N)oc2c(F)cc(F)cc12. The van der Waals surface area contributed by atoms with Crippen molar-refractivity contribution < 1.29 is 13.2 Å². The van der Waals surface area contributed by atoms with E-state index in [1.54, 1.807) is 0 Å². The quantitative estimate of drug-likeness (QED) is 0.777. The lowest BCUT2D eigenvalue weighted by Gasteiger charge is -1.95. The fourth-order valence-corrected chi connectivity index (χ4v) is 1.76. The van der Waals surface area contributed by atoms with Gasteiger partial charge in [-0.05, 0) is 12.5 Å². The van der Waals surface area contributed by atoms with Gasteiger partial charge in [-0.15, -0.1) is 0 Å². The highest BCUT2D eigenvalue weighted by molar-refractivity contribution is 5.83. The first-order valence-corrected chi connectivity index (χ1v) is 4.98. The maximum absolute atomic E-state index is 13.4. The topological polar surface area (TPSA) is 36.9 Å². The second-order valence-corrected chi connectivity index (χ2v) is 3.54. The molecular formula is C12H9F2NO. The Morgan fingerprint density at radius 1 is 1.38 bits per heavy atom. The summed E-state index contributed by atoms with van der Waals surface area (Å²) in [6, 6.07) is 3.82. The minimum Gasteiger partial charge on any atom is -0.442 e. The number of nitriles is 1. The van der Waals surface area contributed by atoms with Gasteiger partial charge in [-0.25, -0.2) is 8.78 Å². The third-order valence-electron chi connectivity index (χ3n) is 2.41. The molecule has 82 valence electrons. The third kappa shape index (κ3) is 1.54. The molecule has 0 fully saturated rings. The number of rotatable bonds is 2. The van der Waals surface area contributed by atoms with Crippen LogP contribution in [-0.4, -0.2) is 0 Å². The lowest BCUT2D eigenvalue weighted by molar-refractivity contribution is 0.538. The van der Waals surface area contributed by atoms with Crippen LogP contribution < -0.4 is 0 Å². The van der Waals surface area contributed by atoms with Gasteiger partial charge in [0.25, 0.3) is 0 Å². The third-order valence-corrected chi connectivity index (χ3v) is 2.41. The first-order chi connectivity index (χ1) is 7.67. The number of nitrogens with zero attached hydrogens (tertiary/aromatic N) is 1. The second kappa shape index (κ2) is 3.93. The molecule has 16 heavy (non-hydrogen) atoms. The molecule has 0 radical (unpaired) electrons. The average Bonchev–Trinajstić information content (AvgIpc) is 2.58. The highest BCUT2D eigenvalue weighted by atomic mass is 19.1. The van der Waals surface area contributed by atoms with Gasteiger partial charge < -0.3 is 4.42 Å². The molecule has 0 atom stereocenters. The largest absolute Gasteiger partial charge is 0.442 e. The Morgan fingerprint density at radius 2 is 2.12 bits per heavy atom. The van der Waals surface area contributed by atoms with Gasteiger partial charge in [0.2, 0.25) is 5.76 Å². The van der Waals surface area contributed by atoms with Crippen LogP contribution in [0, 0.1) is 23.0 Å². The van der Waals surface area contributed by atoms with E-state index in [1.165, 1.54) is 6.07 Å². The molecule has 0 N–H and O–H groups in total. The van der Waals surface area contributed by atoms with Gasteiger partial charge in [-0.2, -0.15) is 5.26 Å². The van der Waals surface area contributed by atoms with Crippen LogP contribution in [0.2, 0.25) is 0 Å². The zero-order chi connectivity index (χ0) is 11.7. The van der Waals surface area contributed by atoms with Crippen molar-refractivity contribution in [2.75, 3.05) is 0 Å². The molecular weight excluding hydrogens is 212 g/mol. The predicted octanol–water partition coefficient (Wildman–Crippen LogP) is 3.54. The summed E-state index contributed by atoms with van der Waals surface area (Å²) in [4.78, 5) is 0. The number of aryl methyl sites for hydroxylation is 1. The molecule has 0 aliphatic rings. The molecule has 0 amide bonds. The number of furan rings is 1. The van der Waals surface area contributed by atoms with Gasteiger partial charge in [-0.1, -0.05) is 13.3 Å². The molecule has 0 unspecified atom stereocenters. The first-order valence-electron chi connectivity index (χ1n) is 4.98. The Kier molecular flexibility index (Phi) is 2.61. The molecule has 0 bridgehead atoms. The lowest BCUT2D eigenvalue weighted by atomic mass is 10.1. The van der Waals surface area contributed by atoms with E-state index < -0.39 is 11.6 Å². The number of fused-ring (bicyclic) bond motifs is 1. The fraction of sp³-hybridized carbons (Fsp3) is 0.250. The summed E-state index contributed by atoms with van der Waals surface area (Å²) in [6.45, 7) is 1.93. The van der Waals surface area contributed by atoms with E-state index >= 15 is 0 Å². The molecule has 1 heterocycles. The molecule has 0 aliphatic heterocycles. The van der Waals surface area contributed by atoms with Crippen molar-refractivity contribution in [2.45, 2.75) is 19.8 Å². The summed E-state index contributed by atoms with van der Waals surface area (Å²) in [6.07, 6.45) is 1.35. The van der Waals surface area contributed by atoms with E-state index in [1.807, 2.05) is 13.0 Å². The Morgan fingerprint density at radius 3 is 2.75 bits per heavy atom. The zero-order valence-corrected chi connectivity index (χ0v) is 8.68. The Bertz CT molecular complexity index is 581. The average molecular weight is 221 g/mol. The van der Waals surface area contributed by atoms with Crippen molar-refractivity contribution in [1.82, 2.24) is 0 Å². The van der Waals surface area contributed by atoms with E-state index in [-0.39, 0.29) is 11.3 Å². The smallest absolute Gasteiger partial charge is 0.208 e. The monoisotopic (exact) mass is 221 g/mol. The first kappa shape index (κ1) is 10.6. The molecule has 0 saturated carbocycles. The van der Waals surface area contributed by atoms with Gasteiger partial charge in [0.1, 0.15) is 11.9 Å². The molecule has 0 aliphatic carbocycles. The number of benzene rings is 1. The Hall–Kier alpha value is -1.89. The summed E-state index contributed by atoms with van der Waals surface area (Å²) in [7, 11) is 0. The summed E-state index contributed by atoms with van der Waals surface area (Å²) >= 11 is 0. The maximum atomic E-state index is 13.4. The molecule has 2 rings (SSSR count). The van der Waals surface area contributed by atoms with Crippen LogP contribution in [0.25, 0.3) is 11.0 Å². The van der Waals surface area contributed by atoms with Gasteiger partial charge in [0, 0.05) is 17.0 Å². The van der Waals surface area contributed by atoms with E-state index in [4.69, 9.17) is 9.68 Å². The fourth-order valence-electron chi connectivity index (χ4n) is 1.76.